The zero-order chi connectivity index (χ0) is 12.3. The number of carbonyl (C=O) groups is 1. The molecule has 0 fully saturated rings. The minimum Gasteiger partial charge on any atom is -0.446 e. The highest BCUT2D eigenvalue weighted by Gasteiger charge is 2.28. The highest BCUT2D eigenvalue weighted by molar-refractivity contribution is 5.68. The smallest absolute Gasteiger partial charge is 0.407 e. The maximum Gasteiger partial charge on any atom is 0.407 e. The number of amides is 1. The Morgan fingerprint density at radius 2 is 1.87 bits per heavy atom. The highest BCUT2D eigenvalue weighted by Crippen LogP contribution is 2.12. The van der Waals surface area contributed by atoms with E-state index in [0.717, 1.165) is 0 Å². The number of carbonyl (C=O) groups excluding carboxylic acids is 1. The molecule has 0 saturated carbocycles. The third-order valence-electron chi connectivity index (χ3n) is 1.60. The van der Waals surface area contributed by atoms with E-state index in [1.54, 1.807) is 20.8 Å². The van der Waals surface area contributed by atoms with Crippen molar-refractivity contribution in [2.45, 2.75) is 51.9 Å². The molecule has 0 aromatic heterocycles. The zero-order valence-electron chi connectivity index (χ0n) is 9.93. The lowest BCUT2D eigenvalue weighted by molar-refractivity contribution is -0.0311. The van der Waals surface area contributed by atoms with Gasteiger partial charge in [-0.05, 0) is 34.6 Å². The molecule has 0 unspecified atom stereocenters. The van der Waals surface area contributed by atoms with Crippen LogP contribution in [0.3, 0.4) is 0 Å². The second kappa shape index (κ2) is 4.79. The third kappa shape index (κ3) is 7.13. The van der Waals surface area contributed by atoms with Gasteiger partial charge in [-0.3, -0.25) is 0 Å². The number of ether oxygens (including phenoxy) is 1. The number of halogens is 1. The zero-order valence-corrected chi connectivity index (χ0v) is 9.93. The van der Waals surface area contributed by atoms with Gasteiger partial charge in [0.25, 0.3) is 0 Å². The normalized spacial score (nSPS) is 14.6. The molecule has 0 aromatic rings. The fraction of sp³-hybridized carbons (Fsp3) is 0.900. The summed E-state index contributed by atoms with van der Waals surface area (Å²) < 4.78 is 17.8. The van der Waals surface area contributed by atoms with Crippen LogP contribution in [-0.4, -0.2) is 35.1 Å². The van der Waals surface area contributed by atoms with Gasteiger partial charge < -0.3 is 15.2 Å². The first kappa shape index (κ1) is 14.2. The first-order chi connectivity index (χ1) is 6.52. The van der Waals surface area contributed by atoms with Crippen molar-refractivity contribution >= 4 is 6.09 Å². The summed E-state index contributed by atoms with van der Waals surface area (Å²) in [6.07, 6.45) is -2.28. The summed E-state index contributed by atoms with van der Waals surface area (Å²) in [5, 5.41) is 11.8. The van der Waals surface area contributed by atoms with Crippen LogP contribution in [0.25, 0.3) is 0 Å². The lowest BCUT2D eigenvalue weighted by atomic mass is 10.0. The number of alkyl carbamates (subject to hydrolysis) is 1. The van der Waals surface area contributed by atoms with Crippen LogP contribution >= 0.6 is 0 Å². The summed E-state index contributed by atoms with van der Waals surface area (Å²) in [6.45, 7) is 7.56. The number of alkyl halides is 1. The van der Waals surface area contributed by atoms with Crippen LogP contribution in [0.5, 0.6) is 0 Å². The van der Waals surface area contributed by atoms with E-state index < -0.39 is 30.0 Å². The molecule has 0 aliphatic heterocycles. The Morgan fingerprint density at radius 1 is 1.40 bits per heavy atom. The minimum atomic E-state index is -1.59. The molecule has 90 valence electrons. The van der Waals surface area contributed by atoms with Gasteiger partial charge in [0, 0.05) is 5.54 Å². The molecule has 0 radical (unpaired) electrons. The van der Waals surface area contributed by atoms with Crippen molar-refractivity contribution in [2.75, 3.05) is 6.61 Å². The van der Waals surface area contributed by atoms with Gasteiger partial charge in [0.1, 0.15) is 6.61 Å². The van der Waals surface area contributed by atoms with Crippen molar-refractivity contribution in [3.63, 3.8) is 0 Å². The number of nitrogens with one attached hydrogen (secondary N) is 1. The van der Waals surface area contributed by atoms with E-state index in [1.807, 2.05) is 0 Å². The Hall–Kier alpha value is -0.840. The number of hydrogen-bond donors (Lipinski definition) is 2. The predicted octanol–water partition coefficient (Wildman–Crippen LogP) is 1.62. The molecule has 1 atom stereocenters. The maximum absolute atomic E-state index is 13.1. The minimum absolute atomic E-state index is 0.419. The summed E-state index contributed by atoms with van der Waals surface area (Å²) in [7, 11) is 0. The van der Waals surface area contributed by atoms with Gasteiger partial charge in [-0.25, -0.2) is 9.18 Å². The van der Waals surface area contributed by atoms with Crippen molar-refractivity contribution in [3.05, 3.63) is 0 Å². The molecule has 0 saturated heterocycles. The summed E-state index contributed by atoms with van der Waals surface area (Å²) in [6, 6.07) is 0. The molecule has 0 aliphatic rings. The van der Waals surface area contributed by atoms with Crippen LogP contribution < -0.4 is 5.32 Å². The van der Waals surface area contributed by atoms with Crippen molar-refractivity contribution in [3.8, 4) is 0 Å². The molecule has 1 amide bonds. The van der Waals surface area contributed by atoms with Crippen LogP contribution in [0.1, 0.15) is 34.6 Å². The van der Waals surface area contributed by atoms with Gasteiger partial charge >= 0.3 is 6.09 Å². The molecule has 15 heavy (non-hydrogen) atoms. The Balaban J connectivity index is 3.92. The van der Waals surface area contributed by atoms with Crippen molar-refractivity contribution in [1.29, 1.82) is 0 Å². The van der Waals surface area contributed by atoms with Crippen molar-refractivity contribution < 1.29 is 19.0 Å². The molecule has 5 heteroatoms. The number of hydrogen-bond acceptors (Lipinski definition) is 3. The summed E-state index contributed by atoms with van der Waals surface area (Å²) >= 11 is 0. The summed E-state index contributed by atoms with van der Waals surface area (Å²) in [5.41, 5.74) is -1.92. The standard InChI is InChI=1S/C10H20FNO3/c1-9(2,3)12-8(13)15-6-7(11)10(4,5)14/h7,14H,6H2,1-5H3,(H,12,13)/t7-/m1/s1. The van der Waals surface area contributed by atoms with E-state index in [9.17, 15) is 14.3 Å². The average molecular weight is 221 g/mol. The van der Waals surface area contributed by atoms with Gasteiger partial charge in [0.05, 0.1) is 5.60 Å². The molecular weight excluding hydrogens is 201 g/mol. The van der Waals surface area contributed by atoms with E-state index in [1.165, 1.54) is 13.8 Å². The van der Waals surface area contributed by atoms with Crippen LogP contribution in [0.2, 0.25) is 0 Å². The van der Waals surface area contributed by atoms with Gasteiger partial charge in [-0.2, -0.15) is 0 Å². The lowest BCUT2D eigenvalue weighted by Gasteiger charge is -2.24. The SMILES string of the molecule is CC(C)(C)NC(=O)OC[C@@H](F)C(C)(C)O. The van der Waals surface area contributed by atoms with E-state index >= 15 is 0 Å². The molecule has 0 heterocycles. The summed E-state index contributed by atoms with van der Waals surface area (Å²) in [5.74, 6) is 0. The van der Waals surface area contributed by atoms with E-state index in [0.29, 0.717) is 0 Å². The second-order valence-electron chi connectivity index (χ2n) is 5.09. The first-order valence-electron chi connectivity index (χ1n) is 4.84. The van der Waals surface area contributed by atoms with Crippen LogP contribution in [0.4, 0.5) is 9.18 Å². The third-order valence-corrected chi connectivity index (χ3v) is 1.60. The van der Waals surface area contributed by atoms with E-state index in [-0.39, 0.29) is 0 Å². The monoisotopic (exact) mass is 221 g/mol. The fourth-order valence-corrected chi connectivity index (χ4v) is 0.695. The predicted molar refractivity (Wildman–Crippen MR) is 55.4 cm³/mol. The maximum atomic E-state index is 13.1. The number of rotatable bonds is 3. The van der Waals surface area contributed by atoms with Crippen LogP contribution in [-0.2, 0) is 4.74 Å². The number of aliphatic hydroxyl groups is 1. The van der Waals surface area contributed by atoms with Crippen LogP contribution in [0.15, 0.2) is 0 Å². The van der Waals surface area contributed by atoms with Crippen LogP contribution in [0, 0.1) is 0 Å². The average Bonchev–Trinajstić information content (AvgIpc) is 1.94. The van der Waals surface area contributed by atoms with E-state index in [2.05, 4.69) is 10.1 Å². The summed E-state index contributed by atoms with van der Waals surface area (Å²) in [4.78, 5) is 11.1. The van der Waals surface area contributed by atoms with Gasteiger partial charge in [-0.1, -0.05) is 0 Å². The molecule has 0 rings (SSSR count). The fourth-order valence-electron chi connectivity index (χ4n) is 0.695. The Morgan fingerprint density at radius 3 is 2.20 bits per heavy atom. The molecule has 0 spiro atoms. The largest absolute Gasteiger partial charge is 0.446 e. The molecule has 0 aliphatic carbocycles. The lowest BCUT2D eigenvalue weighted by Crippen LogP contribution is -2.43. The van der Waals surface area contributed by atoms with Gasteiger partial charge in [0.2, 0.25) is 0 Å². The first-order valence-corrected chi connectivity index (χ1v) is 4.84. The Kier molecular flexibility index (Phi) is 4.52. The molecule has 4 nitrogen and oxygen atoms in total. The Bertz CT molecular complexity index is 218. The van der Waals surface area contributed by atoms with Gasteiger partial charge in [0.15, 0.2) is 6.17 Å². The van der Waals surface area contributed by atoms with E-state index in [4.69, 9.17) is 0 Å². The molecule has 0 bridgehead atoms. The molecule has 0 aromatic carbocycles. The Labute approximate surface area is 89.8 Å². The molecule has 2 N–H and O–H groups in total. The van der Waals surface area contributed by atoms with Crippen molar-refractivity contribution in [1.82, 2.24) is 5.32 Å². The molecular formula is C10H20FNO3. The van der Waals surface area contributed by atoms with Crippen molar-refractivity contribution in [2.24, 2.45) is 0 Å². The topological polar surface area (TPSA) is 58.6 Å². The highest BCUT2D eigenvalue weighted by atomic mass is 19.1. The second-order valence-corrected chi connectivity index (χ2v) is 5.09. The quantitative estimate of drug-likeness (QED) is 0.761. The van der Waals surface area contributed by atoms with Gasteiger partial charge in [-0.15, -0.1) is 0 Å².